The molecule has 0 aliphatic heterocycles. The van der Waals surface area contributed by atoms with Crippen LogP contribution in [0, 0.1) is 0 Å². The summed E-state index contributed by atoms with van der Waals surface area (Å²) in [7, 11) is 0. The molecule has 0 aliphatic carbocycles. The fraction of sp³-hybridized carbons (Fsp3) is 0.462. The highest BCUT2D eigenvalue weighted by Crippen LogP contribution is 2.31. The van der Waals surface area contributed by atoms with Gasteiger partial charge >= 0.3 is 0 Å². The Hall–Kier alpha value is -2.24. The molecule has 1 N–H and O–H groups in total. The SMILES string of the molecule is CCCCNC(=O)C(C)N(Cc1ccc(Cl)c(Cl)c1)C(=O)COc1ccccc1C(C)(C)C. The maximum Gasteiger partial charge on any atom is 0.261 e. The minimum absolute atomic E-state index is 0.133. The van der Waals surface area contributed by atoms with Crippen LogP contribution < -0.4 is 10.1 Å². The van der Waals surface area contributed by atoms with E-state index in [-0.39, 0.29) is 30.4 Å². The number of nitrogens with one attached hydrogen (secondary N) is 1. The molecule has 5 nitrogen and oxygen atoms in total. The zero-order valence-corrected chi connectivity index (χ0v) is 21.6. The number of ether oxygens (including phenoxy) is 1. The van der Waals surface area contributed by atoms with Crippen molar-refractivity contribution in [3.63, 3.8) is 0 Å². The lowest BCUT2D eigenvalue weighted by atomic mass is 9.86. The van der Waals surface area contributed by atoms with Crippen LogP contribution in [0.15, 0.2) is 42.5 Å². The summed E-state index contributed by atoms with van der Waals surface area (Å²) in [5.41, 5.74) is 1.66. The van der Waals surface area contributed by atoms with Crippen LogP contribution in [0.3, 0.4) is 0 Å². The van der Waals surface area contributed by atoms with Gasteiger partial charge < -0.3 is 15.0 Å². The van der Waals surface area contributed by atoms with E-state index in [0.717, 1.165) is 24.0 Å². The van der Waals surface area contributed by atoms with Crippen LogP contribution in [0.4, 0.5) is 0 Å². The number of halogens is 2. The van der Waals surface area contributed by atoms with Crippen LogP contribution in [0.5, 0.6) is 5.75 Å². The van der Waals surface area contributed by atoms with Crippen molar-refractivity contribution >= 4 is 35.0 Å². The van der Waals surface area contributed by atoms with E-state index in [2.05, 4.69) is 33.0 Å². The molecule has 2 aromatic carbocycles. The first kappa shape index (κ1) is 27.0. The zero-order chi connectivity index (χ0) is 24.6. The van der Waals surface area contributed by atoms with Crippen LogP contribution in [0.1, 0.15) is 58.6 Å². The Labute approximate surface area is 207 Å². The van der Waals surface area contributed by atoms with Crippen LogP contribution in [0.2, 0.25) is 10.0 Å². The number of nitrogens with zero attached hydrogens (tertiary/aromatic N) is 1. The first-order valence-electron chi connectivity index (χ1n) is 11.3. The maximum atomic E-state index is 13.3. The molecule has 2 amide bonds. The van der Waals surface area contributed by atoms with Gasteiger partial charge in [0.15, 0.2) is 6.61 Å². The molecule has 2 aromatic rings. The molecule has 0 fully saturated rings. The van der Waals surface area contributed by atoms with E-state index in [1.807, 2.05) is 24.3 Å². The number of carbonyl (C=O) groups is 2. The maximum absolute atomic E-state index is 13.3. The second kappa shape index (κ2) is 12.3. The predicted molar refractivity (Wildman–Crippen MR) is 135 cm³/mol. The number of rotatable bonds is 10. The molecule has 0 bridgehead atoms. The van der Waals surface area contributed by atoms with Gasteiger partial charge in [-0.25, -0.2) is 0 Å². The van der Waals surface area contributed by atoms with Gasteiger partial charge in [0.2, 0.25) is 5.91 Å². The third-order valence-corrected chi connectivity index (χ3v) is 6.12. The molecule has 7 heteroatoms. The van der Waals surface area contributed by atoms with Gasteiger partial charge in [0.1, 0.15) is 11.8 Å². The monoisotopic (exact) mass is 492 g/mol. The average Bonchev–Trinajstić information content (AvgIpc) is 2.77. The van der Waals surface area contributed by atoms with Gasteiger partial charge in [-0.05, 0) is 48.1 Å². The molecule has 33 heavy (non-hydrogen) atoms. The number of hydrogen-bond donors (Lipinski definition) is 1. The Kier molecular flexibility index (Phi) is 10.1. The zero-order valence-electron chi connectivity index (χ0n) is 20.1. The molecule has 0 heterocycles. The van der Waals surface area contributed by atoms with Gasteiger partial charge in [-0.3, -0.25) is 9.59 Å². The van der Waals surface area contributed by atoms with Crippen molar-refractivity contribution in [3.05, 3.63) is 63.6 Å². The smallest absolute Gasteiger partial charge is 0.261 e. The standard InChI is InChI=1S/C26H34Cl2N2O3/c1-6-7-14-29-25(32)18(2)30(16-19-12-13-21(27)22(28)15-19)24(31)17-33-23-11-9-8-10-20(23)26(3,4)5/h8-13,15,18H,6-7,14,16-17H2,1-5H3,(H,29,32). The number of carbonyl (C=O) groups excluding carboxylic acids is 2. The van der Waals surface area contributed by atoms with Crippen molar-refractivity contribution in [2.24, 2.45) is 0 Å². The molecule has 1 atom stereocenters. The summed E-state index contributed by atoms with van der Waals surface area (Å²) in [5.74, 6) is 0.169. The molecule has 0 radical (unpaired) electrons. The van der Waals surface area contributed by atoms with E-state index in [4.69, 9.17) is 27.9 Å². The van der Waals surface area contributed by atoms with Crippen LogP contribution in [0.25, 0.3) is 0 Å². The largest absolute Gasteiger partial charge is 0.483 e. The predicted octanol–water partition coefficient (Wildman–Crippen LogP) is 6.00. The minimum atomic E-state index is -0.676. The average molecular weight is 493 g/mol. The summed E-state index contributed by atoms with van der Waals surface area (Å²) >= 11 is 12.2. The third kappa shape index (κ3) is 7.94. The summed E-state index contributed by atoms with van der Waals surface area (Å²) in [6.45, 7) is 10.7. The Balaban J connectivity index is 2.22. The first-order chi connectivity index (χ1) is 15.5. The molecule has 180 valence electrons. The van der Waals surface area contributed by atoms with Crippen molar-refractivity contribution in [2.75, 3.05) is 13.2 Å². The Morgan fingerprint density at radius 2 is 1.79 bits per heavy atom. The molecule has 0 aromatic heterocycles. The molecule has 0 aliphatic rings. The van der Waals surface area contributed by atoms with Gasteiger partial charge in [-0.1, -0.05) is 81.6 Å². The molecular formula is C26H34Cl2N2O3. The van der Waals surface area contributed by atoms with Crippen LogP contribution in [-0.2, 0) is 21.5 Å². The number of benzene rings is 2. The molecule has 0 saturated heterocycles. The number of para-hydroxylation sites is 1. The van der Waals surface area contributed by atoms with Crippen LogP contribution >= 0.6 is 23.2 Å². The van der Waals surface area contributed by atoms with E-state index >= 15 is 0 Å². The van der Waals surface area contributed by atoms with Crippen LogP contribution in [-0.4, -0.2) is 35.9 Å². The quantitative estimate of drug-likeness (QED) is 0.413. The second-order valence-corrected chi connectivity index (χ2v) is 9.94. The van der Waals surface area contributed by atoms with Crippen molar-refractivity contribution in [1.82, 2.24) is 10.2 Å². The lowest BCUT2D eigenvalue weighted by Crippen LogP contribution is -2.49. The highest BCUT2D eigenvalue weighted by Gasteiger charge is 2.27. The van der Waals surface area contributed by atoms with Gasteiger partial charge in [-0.15, -0.1) is 0 Å². The Morgan fingerprint density at radius 1 is 1.09 bits per heavy atom. The van der Waals surface area contributed by atoms with E-state index in [0.29, 0.717) is 22.3 Å². The Morgan fingerprint density at radius 3 is 2.42 bits per heavy atom. The third-order valence-electron chi connectivity index (χ3n) is 5.38. The minimum Gasteiger partial charge on any atom is -0.483 e. The molecule has 2 rings (SSSR count). The summed E-state index contributed by atoms with van der Waals surface area (Å²) in [6.07, 6.45) is 1.85. The van der Waals surface area contributed by atoms with E-state index in [1.54, 1.807) is 25.1 Å². The molecule has 0 spiro atoms. The topological polar surface area (TPSA) is 58.6 Å². The van der Waals surface area contributed by atoms with Crippen molar-refractivity contribution in [3.8, 4) is 5.75 Å². The van der Waals surface area contributed by atoms with E-state index in [9.17, 15) is 9.59 Å². The summed E-state index contributed by atoms with van der Waals surface area (Å²) < 4.78 is 5.95. The van der Waals surface area contributed by atoms with Gasteiger partial charge in [0.05, 0.1) is 10.0 Å². The Bertz CT molecular complexity index is 957. The highest BCUT2D eigenvalue weighted by atomic mass is 35.5. The van der Waals surface area contributed by atoms with Crippen molar-refractivity contribution < 1.29 is 14.3 Å². The molecule has 1 unspecified atom stereocenters. The lowest BCUT2D eigenvalue weighted by Gasteiger charge is -2.29. The number of hydrogen-bond acceptors (Lipinski definition) is 3. The fourth-order valence-electron chi connectivity index (χ4n) is 3.39. The summed E-state index contributed by atoms with van der Waals surface area (Å²) in [6, 6.07) is 12.2. The molecule has 0 saturated carbocycles. The van der Waals surface area contributed by atoms with Crippen molar-refractivity contribution in [1.29, 1.82) is 0 Å². The first-order valence-corrected chi connectivity index (χ1v) is 12.0. The fourth-order valence-corrected chi connectivity index (χ4v) is 3.71. The second-order valence-electron chi connectivity index (χ2n) is 9.13. The summed E-state index contributed by atoms with van der Waals surface area (Å²) in [5, 5.41) is 3.74. The van der Waals surface area contributed by atoms with Gasteiger partial charge in [-0.2, -0.15) is 0 Å². The normalized spacial score (nSPS) is 12.2. The number of amides is 2. The lowest BCUT2D eigenvalue weighted by molar-refractivity contribution is -0.142. The van der Waals surface area contributed by atoms with Gasteiger partial charge in [0.25, 0.3) is 5.91 Å². The van der Waals surface area contributed by atoms with E-state index in [1.165, 1.54) is 4.90 Å². The highest BCUT2D eigenvalue weighted by molar-refractivity contribution is 6.42. The van der Waals surface area contributed by atoms with E-state index < -0.39 is 6.04 Å². The summed E-state index contributed by atoms with van der Waals surface area (Å²) in [4.78, 5) is 27.5. The van der Waals surface area contributed by atoms with Gasteiger partial charge in [0, 0.05) is 13.1 Å². The van der Waals surface area contributed by atoms with Crippen molar-refractivity contribution in [2.45, 2.75) is 65.5 Å². The number of unbranched alkanes of at least 4 members (excludes halogenated alkanes) is 1. The molecular weight excluding hydrogens is 459 g/mol.